The number of hydrogen-bond donors (Lipinski definition) is 2. The molecule has 0 aliphatic heterocycles. The number of amides is 1. The molecule has 0 fully saturated rings. The van der Waals surface area contributed by atoms with Crippen molar-refractivity contribution in [1.29, 1.82) is 0 Å². The lowest BCUT2D eigenvalue weighted by molar-refractivity contribution is -0.146. The number of hydrogen-bond acceptors (Lipinski definition) is 5. The molecule has 0 aromatic heterocycles. The van der Waals surface area contributed by atoms with Crippen LogP contribution in [-0.4, -0.2) is 26.3 Å². The molecule has 0 aliphatic carbocycles. The molecular formula is C18H19ClN2O5S. The van der Waals surface area contributed by atoms with Crippen LogP contribution in [0, 0.1) is 0 Å². The monoisotopic (exact) mass is 410 g/mol. The van der Waals surface area contributed by atoms with E-state index < -0.39 is 22.0 Å². The smallest absolute Gasteiger partial charge is 0.324 e. The second-order valence-corrected chi connectivity index (χ2v) is 7.93. The molecule has 0 radical (unpaired) electrons. The first-order valence-electron chi connectivity index (χ1n) is 7.98. The van der Waals surface area contributed by atoms with E-state index in [2.05, 4.69) is 10.0 Å². The van der Waals surface area contributed by atoms with Crippen LogP contribution >= 0.6 is 11.6 Å². The van der Waals surface area contributed by atoms with Crippen molar-refractivity contribution in [2.24, 2.45) is 0 Å². The van der Waals surface area contributed by atoms with Crippen LogP contribution in [0.3, 0.4) is 0 Å². The fourth-order valence-corrected chi connectivity index (χ4v) is 3.45. The number of anilines is 1. The molecular weight excluding hydrogens is 392 g/mol. The average Bonchev–Trinajstić information content (AvgIpc) is 2.60. The molecule has 1 atom stereocenters. The number of halogens is 1. The van der Waals surface area contributed by atoms with Crippen LogP contribution < -0.4 is 10.0 Å². The van der Waals surface area contributed by atoms with Gasteiger partial charge in [-0.25, -0.2) is 8.42 Å². The zero-order chi connectivity index (χ0) is 20.0. The Morgan fingerprint density at radius 3 is 2.22 bits per heavy atom. The molecule has 0 spiro atoms. The van der Waals surface area contributed by atoms with Crippen molar-refractivity contribution >= 4 is 39.2 Å². The van der Waals surface area contributed by atoms with Gasteiger partial charge in [0.2, 0.25) is 15.9 Å². The maximum atomic E-state index is 12.4. The largest absolute Gasteiger partial charge is 0.460 e. The number of ether oxygens (including phenoxy) is 1. The summed E-state index contributed by atoms with van der Waals surface area (Å²) >= 11 is 5.79. The molecule has 0 saturated heterocycles. The fraction of sp³-hybridized carbons (Fsp3) is 0.222. The van der Waals surface area contributed by atoms with Crippen molar-refractivity contribution in [2.75, 3.05) is 5.32 Å². The molecule has 27 heavy (non-hydrogen) atoms. The van der Waals surface area contributed by atoms with Gasteiger partial charge in [0, 0.05) is 17.6 Å². The number of esters is 1. The van der Waals surface area contributed by atoms with Gasteiger partial charge in [0.05, 0.1) is 4.90 Å². The van der Waals surface area contributed by atoms with Crippen molar-refractivity contribution in [3.63, 3.8) is 0 Å². The highest BCUT2D eigenvalue weighted by Gasteiger charge is 2.23. The van der Waals surface area contributed by atoms with Gasteiger partial charge < -0.3 is 10.1 Å². The second-order valence-electron chi connectivity index (χ2n) is 5.78. The zero-order valence-electron chi connectivity index (χ0n) is 14.7. The first kappa shape index (κ1) is 20.9. The Bertz CT molecular complexity index is 912. The molecule has 0 aliphatic rings. The quantitative estimate of drug-likeness (QED) is 0.683. The predicted octanol–water partition coefficient (Wildman–Crippen LogP) is 2.71. The first-order chi connectivity index (χ1) is 12.7. The lowest BCUT2D eigenvalue weighted by Gasteiger charge is -2.14. The normalized spacial score (nSPS) is 12.3. The van der Waals surface area contributed by atoms with E-state index in [9.17, 15) is 18.0 Å². The number of carbonyl (C=O) groups is 2. The summed E-state index contributed by atoms with van der Waals surface area (Å²) in [7, 11) is -3.92. The fourth-order valence-electron chi connectivity index (χ4n) is 2.13. The predicted molar refractivity (Wildman–Crippen MR) is 102 cm³/mol. The molecule has 0 unspecified atom stereocenters. The SMILES string of the molecule is CC(=O)Nc1ccc(S(=O)(=O)N[C@H](C)C(=O)OCc2ccc(Cl)cc2)cc1. The molecule has 0 heterocycles. The van der Waals surface area contributed by atoms with Crippen molar-refractivity contribution in [3.05, 3.63) is 59.1 Å². The molecule has 144 valence electrons. The molecule has 2 aromatic carbocycles. The van der Waals surface area contributed by atoms with E-state index in [1.165, 1.54) is 38.1 Å². The third kappa shape index (κ3) is 6.35. The lowest BCUT2D eigenvalue weighted by Crippen LogP contribution is -2.39. The third-order valence-corrected chi connectivity index (χ3v) is 5.27. The van der Waals surface area contributed by atoms with E-state index in [4.69, 9.17) is 16.3 Å². The van der Waals surface area contributed by atoms with E-state index in [0.717, 1.165) is 5.56 Å². The van der Waals surface area contributed by atoms with E-state index in [1.807, 2.05) is 0 Å². The number of rotatable bonds is 7. The van der Waals surface area contributed by atoms with Gasteiger partial charge in [0.25, 0.3) is 0 Å². The van der Waals surface area contributed by atoms with Crippen molar-refractivity contribution in [1.82, 2.24) is 4.72 Å². The van der Waals surface area contributed by atoms with Crippen LogP contribution in [0.5, 0.6) is 0 Å². The van der Waals surface area contributed by atoms with Crippen LogP contribution in [0.25, 0.3) is 0 Å². The Labute approximate surface area is 162 Å². The van der Waals surface area contributed by atoms with E-state index in [0.29, 0.717) is 10.7 Å². The van der Waals surface area contributed by atoms with Gasteiger partial charge in [0.1, 0.15) is 12.6 Å². The number of benzene rings is 2. The Morgan fingerprint density at radius 1 is 1.07 bits per heavy atom. The average molecular weight is 411 g/mol. The Balaban J connectivity index is 1.95. The summed E-state index contributed by atoms with van der Waals surface area (Å²) in [5.41, 5.74) is 1.20. The van der Waals surface area contributed by atoms with Crippen LogP contribution in [0.15, 0.2) is 53.4 Å². The van der Waals surface area contributed by atoms with Gasteiger partial charge in [-0.05, 0) is 48.9 Å². The lowest BCUT2D eigenvalue weighted by atomic mass is 10.2. The van der Waals surface area contributed by atoms with Crippen LogP contribution in [0.1, 0.15) is 19.4 Å². The number of nitrogens with one attached hydrogen (secondary N) is 2. The summed E-state index contributed by atoms with van der Waals surface area (Å²) in [4.78, 5) is 23.0. The van der Waals surface area contributed by atoms with Crippen molar-refractivity contribution in [2.45, 2.75) is 31.4 Å². The summed E-state index contributed by atoms with van der Waals surface area (Å²) in [5, 5.41) is 3.11. The van der Waals surface area contributed by atoms with Crippen molar-refractivity contribution < 1.29 is 22.7 Å². The van der Waals surface area contributed by atoms with Crippen LogP contribution in [0.2, 0.25) is 5.02 Å². The van der Waals surface area contributed by atoms with E-state index in [-0.39, 0.29) is 17.4 Å². The van der Waals surface area contributed by atoms with Gasteiger partial charge >= 0.3 is 5.97 Å². The Kier molecular flexibility index (Phi) is 6.95. The minimum absolute atomic E-state index is 0.00742. The number of sulfonamides is 1. The highest BCUT2D eigenvalue weighted by molar-refractivity contribution is 7.89. The summed E-state index contributed by atoms with van der Waals surface area (Å²) in [6.45, 7) is 2.75. The van der Waals surface area contributed by atoms with E-state index >= 15 is 0 Å². The highest BCUT2D eigenvalue weighted by atomic mass is 35.5. The van der Waals surface area contributed by atoms with Gasteiger partial charge in [-0.15, -0.1) is 0 Å². The minimum atomic E-state index is -3.92. The van der Waals surface area contributed by atoms with Crippen molar-refractivity contribution in [3.8, 4) is 0 Å². The molecule has 7 nitrogen and oxygen atoms in total. The standard InChI is InChI=1S/C18H19ClN2O5S/c1-12(18(23)26-11-14-3-5-15(19)6-4-14)21-27(24,25)17-9-7-16(8-10-17)20-13(2)22/h3-10,12,21H,11H2,1-2H3,(H,20,22)/t12-/m1/s1. The molecule has 0 bridgehead atoms. The molecule has 2 N–H and O–H groups in total. The van der Waals surface area contributed by atoms with Gasteiger partial charge in [-0.3, -0.25) is 9.59 Å². The summed E-state index contributed by atoms with van der Waals surface area (Å²) in [6.07, 6.45) is 0. The third-order valence-electron chi connectivity index (χ3n) is 3.46. The second kappa shape index (κ2) is 8.98. The summed E-state index contributed by atoms with van der Waals surface area (Å²) < 4.78 is 32.1. The molecule has 0 saturated carbocycles. The minimum Gasteiger partial charge on any atom is -0.460 e. The Morgan fingerprint density at radius 2 is 1.67 bits per heavy atom. The molecule has 9 heteroatoms. The molecule has 1 amide bonds. The van der Waals surface area contributed by atoms with Gasteiger partial charge in [-0.2, -0.15) is 4.72 Å². The van der Waals surface area contributed by atoms with Gasteiger partial charge in [-0.1, -0.05) is 23.7 Å². The topological polar surface area (TPSA) is 102 Å². The van der Waals surface area contributed by atoms with Crippen LogP contribution in [-0.2, 0) is 31.0 Å². The summed E-state index contributed by atoms with van der Waals surface area (Å²) in [6, 6.07) is 11.3. The maximum Gasteiger partial charge on any atom is 0.324 e. The molecule has 2 aromatic rings. The highest BCUT2D eigenvalue weighted by Crippen LogP contribution is 2.15. The zero-order valence-corrected chi connectivity index (χ0v) is 16.3. The maximum absolute atomic E-state index is 12.4. The van der Waals surface area contributed by atoms with E-state index in [1.54, 1.807) is 24.3 Å². The number of carbonyl (C=O) groups excluding carboxylic acids is 2. The Hall–Kier alpha value is -2.42. The molecule has 2 rings (SSSR count). The van der Waals surface area contributed by atoms with Gasteiger partial charge in [0.15, 0.2) is 0 Å². The van der Waals surface area contributed by atoms with Crippen LogP contribution in [0.4, 0.5) is 5.69 Å². The first-order valence-corrected chi connectivity index (χ1v) is 9.84. The summed E-state index contributed by atoms with van der Waals surface area (Å²) in [5.74, 6) is -0.968.